The first kappa shape index (κ1) is 22.4. The van der Waals surface area contributed by atoms with E-state index in [0.717, 1.165) is 10.5 Å². The van der Waals surface area contributed by atoms with E-state index < -0.39 is 18.6 Å². The molecule has 2 aromatic carbocycles. The van der Waals surface area contributed by atoms with Crippen LogP contribution in [0.1, 0.15) is 23.4 Å². The van der Waals surface area contributed by atoms with E-state index in [0.29, 0.717) is 21.9 Å². The van der Waals surface area contributed by atoms with Crippen molar-refractivity contribution < 1.29 is 22.4 Å². The fourth-order valence-electron chi connectivity index (χ4n) is 2.90. The first-order chi connectivity index (χ1) is 14.7. The Morgan fingerprint density at radius 1 is 1.13 bits per heavy atom. The number of nitriles is 1. The zero-order valence-electron chi connectivity index (χ0n) is 16.2. The third-order valence-corrected chi connectivity index (χ3v) is 4.67. The summed E-state index contributed by atoms with van der Waals surface area (Å²) in [7, 11) is 0. The molecule has 9 heteroatoms. The number of hydrogen-bond donors (Lipinski definition) is 0. The molecule has 3 aromatic rings. The molecule has 1 heterocycles. The van der Waals surface area contributed by atoms with Crippen LogP contribution in [0.25, 0.3) is 11.3 Å². The molecule has 0 bridgehead atoms. The van der Waals surface area contributed by atoms with Crippen LogP contribution in [0.2, 0.25) is 5.02 Å². The SMILES string of the molecule is N#Cc1ccc(CN(CC(F)(F)F)C(=O)CCc2ncc(-c3ccc(Cl)cc3)o2)cc1. The van der Waals surface area contributed by atoms with Crippen molar-refractivity contribution in [1.29, 1.82) is 5.26 Å². The largest absolute Gasteiger partial charge is 0.441 e. The van der Waals surface area contributed by atoms with E-state index in [4.69, 9.17) is 21.3 Å². The van der Waals surface area contributed by atoms with Crippen molar-refractivity contribution in [2.45, 2.75) is 25.6 Å². The average Bonchev–Trinajstić information content (AvgIpc) is 3.20. The minimum Gasteiger partial charge on any atom is -0.441 e. The number of aryl methyl sites for hydroxylation is 1. The highest BCUT2D eigenvalue weighted by atomic mass is 35.5. The highest BCUT2D eigenvalue weighted by Gasteiger charge is 2.33. The van der Waals surface area contributed by atoms with Gasteiger partial charge in [-0.1, -0.05) is 23.7 Å². The molecule has 0 fully saturated rings. The second-order valence-corrected chi connectivity index (χ2v) is 7.24. The number of rotatable bonds is 7. The molecule has 0 aliphatic heterocycles. The van der Waals surface area contributed by atoms with Crippen molar-refractivity contribution in [3.05, 3.63) is 76.8 Å². The molecule has 0 saturated heterocycles. The van der Waals surface area contributed by atoms with Crippen molar-refractivity contribution >= 4 is 17.5 Å². The van der Waals surface area contributed by atoms with E-state index in [-0.39, 0.29) is 25.3 Å². The van der Waals surface area contributed by atoms with Gasteiger partial charge in [-0.2, -0.15) is 18.4 Å². The minimum atomic E-state index is -4.53. The number of hydrogen-bond acceptors (Lipinski definition) is 4. The number of carbonyl (C=O) groups excluding carboxylic acids is 1. The third kappa shape index (κ3) is 6.59. The van der Waals surface area contributed by atoms with Crippen LogP contribution < -0.4 is 0 Å². The van der Waals surface area contributed by atoms with Crippen LogP contribution >= 0.6 is 11.6 Å². The molecule has 0 N–H and O–H groups in total. The lowest BCUT2D eigenvalue weighted by Gasteiger charge is -2.24. The van der Waals surface area contributed by atoms with Crippen molar-refractivity contribution in [2.24, 2.45) is 0 Å². The molecular weight excluding hydrogens is 431 g/mol. The zero-order chi connectivity index (χ0) is 22.4. The molecule has 0 radical (unpaired) electrons. The lowest BCUT2D eigenvalue weighted by atomic mass is 10.1. The lowest BCUT2D eigenvalue weighted by Crippen LogP contribution is -2.38. The third-order valence-electron chi connectivity index (χ3n) is 4.41. The molecule has 0 saturated carbocycles. The van der Waals surface area contributed by atoms with E-state index in [9.17, 15) is 18.0 Å². The zero-order valence-corrected chi connectivity index (χ0v) is 17.0. The summed E-state index contributed by atoms with van der Waals surface area (Å²) in [6, 6.07) is 14.9. The van der Waals surface area contributed by atoms with Crippen LogP contribution in [0.5, 0.6) is 0 Å². The summed E-state index contributed by atoms with van der Waals surface area (Å²) in [5, 5.41) is 9.40. The minimum absolute atomic E-state index is 0.0636. The number of alkyl halides is 3. The molecule has 1 aromatic heterocycles. The fourth-order valence-corrected chi connectivity index (χ4v) is 3.03. The number of aromatic nitrogens is 1. The Balaban J connectivity index is 1.65. The molecule has 0 aliphatic carbocycles. The summed E-state index contributed by atoms with van der Waals surface area (Å²) >= 11 is 5.85. The van der Waals surface area contributed by atoms with E-state index in [2.05, 4.69) is 4.98 Å². The normalized spacial score (nSPS) is 11.2. The van der Waals surface area contributed by atoms with Crippen LogP contribution in [0.4, 0.5) is 13.2 Å². The fraction of sp³-hybridized carbons (Fsp3) is 0.227. The number of amides is 1. The van der Waals surface area contributed by atoms with E-state index in [1.54, 1.807) is 24.3 Å². The van der Waals surface area contributed by atoms with E-state index in [1.165, 1.54) is 30.5 Å². The molecule has 0 aliphatic rings. The van der Waals surface area contributed by atoms with E-state index >= 15 is 0 Å². The number of halogens is 4. The Morgan fingerprint density at radius 2 is 1.81 bits per heavy atom. The molecule has 5 nitrogen and oxygen atoms in total. The quantitative estimate of drug-likeness (QED) is 0.487. The number of nitrogens with zero attached hydrogens (tertiary/aromatic N) is 3. The van der Waals surface area contributed by atoms with Gasteiger partial charge in [0.2, 0.25) is 5.91 Å². The lowest BCUT2D eigenvalue weighted by molar-refractivity contribution is -0.162. The van der Waals surface area contributed by atoms with Crippen LogP contribution in [-0.2, 0) is 17.8 Å². The highest BCUT2D eigenvalue weighted by molar-refractivity contribution is 6.30. The van der Waals surface area contributed by atoms with Gasteiger partial charge >= 0.3 is 6.18 Å². The molecular formula is C22H17ClF3N3O2. The molecule has 1 amide bonds. The predicted octanol–water partition coefficient (Wildman–Crippen LogP) is 5.39. The monoisotopic (exact) mass is 447 g/mol. The summed E-state index contributed by atoms with van der Waals surface area (Å²) in [5.74, 6) is 0.0559. The maximum atomic E-state index is 13.0. The van der Waals surface area contributed by atoms with Crippen molar-refractivity contribution in [1.82, 2.24) is 9.88 Å². The van der Waals surface area contributed by atoms with Crippen LogP contribution in [0.15, 0.2) is 59.1 Å². The molecule has 31 heavy (non-hydrogen) atoms. The van der Waals surface area contributed by atoms with Crippen molar-refractivity contribution in [2.75, 3.05) is 6.54 Å². The standard InChI is InChI=1S/C22H17ClF3N3O2/c23-18-7-5-17(6-8-18)19-12-28-20(31-19)9-10-21(30)29(14-22(24,25)26)13-16-3-1-15(11-27)2-4-16/h1-8,12H,9-10,13-14H2. The summed E-state index contributed by atoms with van der Waals surface area (Å²) in [6.07, 6.45) is -3.17. The van der Waals surface area contributed by atoms with Crippen LogP contribution in [-0.4, -0.2) is 28.5 Å². The van der Waals surface area contributed by atoms with Crippen molar-refractivity contribution in [3.8, 4) is 17.4 Å². The Labute approximate surface area is 181 Å². The first-order valence-electron chi connectivity index (χ1n) is 9.28. The molecule has 160 valence electrons. The van der Waals surface area contributed by atoms with Crippen molar-refractivity contribution in [3.63, 3.8) is 0 Å². The summed E-state index contributed by atoms with van der Waals surface area (Å²) in [4.78, 5) is 17.4. The Bertz CT molecular complexity index is 1070. The maximum absolute atomic E-state index is 13.0. The van der Waals surface area contributed by atoms with E-state index in [1.807, 2.05) is 6.07 Å². The van der Waals surface area contributed by atoms with Crippen LogP contribution in [0, 0.1) is 11.3 Å². The summed E-state index contributed by atoms with van der Waals surface area (Å²) < 4.78 is 44.6. The second kappa shape index (κ2) is 9.67. The van der Waals surface area contributed by atoms with Gasteiger partial charge in [0.05, 0.1) is 17.8 Å². The molecule has 0 atom stereocenters. The van der Waals surface area contributed by atoms with Gasteiger partial charge in [-0.3, -0.25) is 4.79 Å². The summed E-state index contributed by atoms with van der Waals surface area (Å²) in [6.45, 7) is -1.58. The first-order valence-corrected chi connectivity index (χ1v) is 9.65. The van der Waals surface area contributed by atoms with Gasteiger partial charge in [0.1, 0.15) is 6.54 Å². The highest BCUT2D eigenvalue weighted by Crippen LogP contribution is 2.23. The van der Waals surface area contributed by atoms with Gasteiger partial charge in [-0.05, 0) is 42.0 Å². The van der Waals surface area contributed by atoms with Gasteiger partial charge in [0.25, 0.3) is 0 Å². The average molecular weight is 448 g/mol. The Kier molecular flexibility index (Phi) is 6.98. The van der Waals surface area contributed by atoms with Crippen LogP contribution in [0.3, 0.4) is 0 Å². The van der Waals surface area contributed by atoms with Gasteiger partial charge in [0, 0.05) is 30.0 Å². The molecule has 0 spiro atoms. The topological polar surface area (TPSA) is 70.1 Å². The maximum Gasteiger partial charge on any atom is 0.406 e. The predicted molar refractivity (Wildman–Crippen MR) is 108 cm³/mol. The molecule has 3 rings (SSSR count). The Morgan fingerprint density at radius 3 is 2.42 bits per heavy atom. The number of oxazole rings is 1. The second-order valence-electron chi connectivity index (χ2n) is 6.80. The van der Waals surface area contributed by atoms with Gasteiger partial charge in [0.15, 0.2) is 11.7 Å². The molecule has 0 unspecified atom stereocenters. The number of carbonyl (C=O) groups is 1. The number of benzene rings is 2. The smallest absolute Gasteiger partial charge is 0.406 e. The van der Waals surface area contributed by atoms with Gasteiger partial charge in [-0.25, -0.2) is 4.98 Å². The Hall–Kier alpha value is -3.31. The summed E-state index contributed by atoms with van der Waals surface area (Å²) in [5.41, 5.74) is 1.63. The van der Waals surface area contributed by atoms with Gasteiger partial charge in [-0.15, -0.1) is 0 Å². The van der Waals surface area contributed by atoms with Gasteiger partial charge < -0.3 is 9.32 Å².